The SMILES string of the molecule is C=CC[C@H](CC(=O)NCCOCCO)C(=O)N[C@H](COC(=O)[C@@H](CC=C)NC(=O)OCc1ccccc1)CSCc1ccccc1. The van der Waals surface area contributed by atoms with E-state index in [1.807, 2.05) is 60.7 Å². The summed E-state index contributed by atoms with van der Waals surface area (Å²) in [5, 5.41) is 16.9. The van der Waals surface area contributed by atoms with Crippen LogP contribution in [0.4, 0.5) is 4.79 Å². The number of carbonyl (C=O) groups is 4. The van der Waals surface area contributed by atoms with Crippen LogP contribution in [-0.2, 0) is 41.0 Å². The zero-order valence-corrected chi connectivity index (χ0v) is 26.9. The van der Waals surface area contributed by atoms with Gasteiger partial charge in [-0.1, -0.05) is 72.8 Å². The smallest absolute Gasteiger partial charge is 0.408 e. The topological polar surface area (TPSA) is 152 Å². The minimum Gasteiger partial charge on any atom is -0.462 e. The molecule has 12 heteroatoms. The summed E-state index contributed by atoms with van der Waals surface area (Å²) >= 11 is 1.56. The Labute approximate surface area is 275 Å². The van der Waals surface area contributed by atoms with Gasteiger partial charge in [-0.05, 0) is 24.0 Å². The first-order chi connectivity index (χ1) is 22.4. The average molecular weight is 656 g/mol. The molecule has 0 spiro atoms. The zero-order chi connectivity index (χ0) is 33.4. The first-order valence-electron chi connectivity index (χ1n) is 15.1. The van der Waals surface area contributed by atoms with Gasteiger partial charge in [0.15, 0.2) is 0 Å². The predicted molar refractivity (Wildman–Crippen MR) is 178 cm³/mol. The first kappa shape index (κ1) is 38.1. The molecule has 0 saturated heterocycles. The van der Waals surface area contributed by atoms with Crippen LogP contribution in [0.3, 0.4) is 0 Å². The lowest BCUT2D eigenvalue weighted by molar-refractivity contribution is -0.147. The summed E-state index contributed by atoms with van der Waals surface area (Å²) < 4.78 is 16.0. The molecular formula is C34H45N3O8S. The molecule has 0 aliphatic rings. The Morgan fingerprint density at radius 2 is 1.54 bits per heavy atom. The van der Waals surface area contributed by atoms with Crippen molar-refractivity contribution in [1.82, 2.24) is 16.0 Å². The van der Waals surface area contributed by atoms with Gasteiger partial charge in [0.05, 0.1) is 31.8 Å². The Morgan fingerprint density at radius 3 is 2.20 bits per heavy atom. The van der Waals surface area contributed by atoms with Gasteiger partial charge in [0, 0.05) is 24.5 Å². The van der Waals surface area contributed by atoms with Crippen molar-refractivity contribution in [1.29, 1.82) is 0 Å². The van der Waals surface area contributed by atoms with Crippen molar-refractivity contribution in [2.24, 2.45) is 5.92 Å². The molecule has 0 heterocycles. The fourth-order valence-electron chi connectivity index (χ4n) is 4.12. The van der Waals surface area contributed by atoms with Crippen LogP contribution in [0.5, 0.6) is 0 Å². The van der Waals surface area contributed by atoms with Crippen molar-refractivity contribution < 1.29 is 38.5 Å². The molecule has 3 amide bonds. The highest BCUT2D eigenvalue weighted by Crippen LogP contribution is 2.15. The number of aliphatic hydroxyl groups excluding tert-OH is 1. The Hall–Kier alpha value is -4.13. The molecule has 0 fully saturated rings. The third-order valence-corrected chi connectivity index (χ3v) is 7.63. The number of carbonyl (C=O) groups excluding carboxylic acids is 4. The monoisotopic (exact) mass is 655 g/mol. The number of aliphatic hydroxyl groups is 1. The third kappa shape index (κ3) is 16.3. The fourth-order valence-corrected chi connectivity index (χ4v) is 5.13. The molecule has 2 rings (SSSR count). The van der Waals surface area contributed by atoms with E-state index in [0.29, 0.717) is 11.5 Å². The van der Waals surface area contributed by atoms with E-state index in [9.17, 15) is 19.2 Å². The highest BCUT2D eigenvalue weighted by molar-refractivity contribution is 7.98. The number of alkyl carbamates (subject to hydrolysis) is 1. The number of hydrogen-bond donors (Lipinski definition) is 4. The van der Waals surface area contributed by atoms with Gasteiger partial charge in [-0.25, -0.2) is 9.59 Å². The van der Waals surface area contributed by atoms with Crippen molar-refractivity contribution in [3.8, 4) is 0 Å². The van der Waals surface area contributed by atoms with Crippen molar-refractivity contribution in [3.63, 3.8) is 0 Å². The maximum Gasteiger partial charge on any atom is 0.408 e. The molecule has 0 unspecified atom stereocenters. The molecule has 11 nitrogen and oxygen atoms in total. The zero-order valence-electron chi connectivity index (χ0n) is 26.1. The number of hydrogen-bond acceptors (Lipinski definition) is 9. The van der Waals surface area contributed by atoms with E-state index in [4.69, 9.17) is 19.3 Å². The highest BCUT2D eigenvalue weighted by atomic mass is 32.2. The van der Waals surface area contributed by atoms with Crippen LogP contribution in [0.25, 0.3) is 0 Å². The number of esters is 1. The lowest BCUT2D eigenvalue weighted by Crippen LogP contribution is -2.46. The Balaban J connectivity index is 2.00. The Kier molecular flexibility index (Phi) is 19.2. The fraction of sp³-hybridized carbons (Fsp3) is 0.412. The van der Waals surface area contributed by atoms with Gasteiger partial charge in [-0.15, -0.1) is 13.2 Å². The summed E-state index contributed by atoms with van der Waals surface area (Å²) in [5.41, 5.74) is 1.90. The lowest BCUT2D eigenvalue weighted by atomic mass is 9.99. The van der Waals surface area contributed by atoms with E-state index in [0.717, 1.165) is 11.1 Å². The molecule has 250 valence electrons. The van der Waals surface area contributed by atoms with Crippen molar-refractivity contribution in [2.75, 3.05) is 38.7 Å². The number of nitrogens with one attached hydrogen (secondary N) is 3. The Bertz CT molecular complexity index is 1220. The summed E-state index contributed by atoms with van der Waals surface area (Å²) in [6.07, 6.45) is 2.59. The number of rotatable bonds is 23. The molecule has 3 atom stereocenters. The Morgan fingerprint density at radius 1 is 0.870 bits per heavy atom. The maximum atomic E-state index is 13.3. The van der Waals surface area contributed by atoms with Gasteiger partial charge in [0.2, 0.25) is 11.8 Å². The lowest BCUT2D eigenvalue weighted by Gasteiger charge is -2.23. The summed E-state index contributed by atoms with van der Waals surface area (Å²) in [4.78, 5) is 51.2. The van der Waals surface area contributed by atoms with Crippen LogP contribution >= 0.6 is 11.8 Å². The van der Waals surface area contributed by atoms with Crippen LogP contribution < -0.4 is 16.0 Å². The highest BCUT2D eigenvalue weighted by Gasteiger charge is 2.26. The van der Waals surface area contributed by atoms with Crippen molar-refractivity contribution >= 4 is 35.6 Å². The van der Waals surface area contributed by atoms with E-state index in [1.165, 1.54) is 6.08 Å². The second-order valence-corrected chi connectivity index (χ2v) is 11.3. The number of benzene rings is 2. The summed E-state index contributed by atoms with van der Waals surface area (Å²) in [7, 11) is 0. The van der Waals surface area contributed by atoms with E-state index in [-0.39, 0.29) is 70.7 Å². The molecule has 0 radical (unpaired) electrons. The molecule has 46 heavy (non-hydrogen) atoms. The molecule has 0 aromatic heterocycles. The van der Waals surface area contributed by atoms with Crippen LogP contribution in [0.1, 0.15) is 30.4 Å². The standard InChI is InChI=1S/C34H45N3O8S/c1-3-11-28(21-31(39)35-17-19-43-20-18-38)32(40)36-29(25-46-24-27-15-9-6-10-16-27)23-44-33(41)30(12-4-2)37-34(42)45-22-26-13-7-5-8-14-26/h3-10,13-16,28-30,38H,1-2,11-12,17-25H2,(H,35,39)(H,36,40)(H,37,42)/t28-,29-,30-/m1/s1. The van der Waals surface area contributed by atoms with Gasteiger partial charge in [0.25, 0.3) is 0 Å². The molecule has 0 aliphatic carbocycles. The molecule has 4 N–H and O–H groups in total. The van der Waals surface area contributed by atoms with E-state index in [2.05, 4.69) is 29.1 Å². The quantitative estimate of drug-likeness (QED) is 0.0801. The number of thioether (sulfide) groups is 1. The van der Waals surface area contributed by atoms with Crippen molar-refractivity contribution in [2.45, 2.75) is 43.7 Å². The van der Waals surface area contributed by atoms with E-state index >= 15 is 0 Å². The van der Waals surface area contributed by atoms with Crippen LogP contribution in [-0.4, -0.2) is 79.8 Å². The maximum absolute atomic E-state index is 13.3. The molecule has 0 saturated carbocycles. The van der Waals surface area contributed by atoms with Crippen LogP contribution in [0.2, 0.25) is 0 Å². The largest absolute Gasteiger partial charge is 0.462 e. The molecule has 2 aromatic rings. The summed E-state index contributed by atoms with van der Waals surface area (Å²) in [6.45, 7) is 7.81. The summed E-state index contributed by atoms with van der Waals surface area (Å²) in [5.74, 6) is -1.00. The van der Waals surface area contributed by atoms with E-state index in [1.54, 1.807) is 17.8 Å². The van der Waals surface area contributed by atoms with Crippen molar-refractivity contribution in [3.05, 3.63) is 97.1 Å². The minimum atomic E-state index is -1.03. The van der Waals surface area contributed by atoms with Gasteiger partial charge in [0.1, 0.15) is 19.3 Å². The predicted octanol–water partition coefficient (Wildman–Crippen LogP) is 3.53. The molecule has 0 bridgehead atoms. The van der Waals surface area contributed by atoms with Gasteiger partial charge in [-0.2, -0.15) is 11.8 Å². The van der Waals surface area contributed by atoms with Crippen LogP contribution in [0.15, 0.2) is 86.0 Å². The second-order valence-electron chi connectivity index (χ2n) is 10.2. The molecule has 2 aromatic carbocycles. The van der Waals surface area contributed by atoms with Gasteiger partial charge < -0.3 is 35.3 Å². The van der Waals surface area contributed by atoms with Gasteiger partial charge >= 0.3 is 12.1 Å². The average Bonchev–Trinajstić information content (AvgIpc) is 3.06. The molecular weight excluding hydrogens is 610 g/mol. The van der Waals surface area contributed by atoms with Crippen LogP contribution in [0, 0.1) is 5.92 Å². The number of allylic oxidation sites excluding steroid dienone is 1. The van der Waals surface area contributed by atoms with E-state index < -0.39 is 30.1 Å². The number of ether oxygens (including phenoxy) is 3. The first-order valence-corrected chi connectivity index (χ1v) is 16.2. The number of amides is 3. The molecule has 0 aliphatic heterocycles. The minimum absolute atomic E-state index is 0.0384. The third-order valence-electron chi connectivity index (χ3n) is 6.45. The summed E-state index contributed by atoms with van der Waals surface area (Å²) in [6, 6.07) is 17.3. The second kappa shape index (κ2) is 23.2. The van der Waals surface area contributed by atoms with Gasteiger partial charge in [-0.3, -0.25) is 9.59 Å². The normalized spacial score (nSPS) is 12.5.